The van der Waals surface area contributed by atoms with Gasteiger partial charge in [-0.3, -0.25) is 0 Å². The van der Waals surface area contributed by atoms with Crippen molar-refractivity contribution in [3.8, 4) is 0 Å². The zero-order valence-corrected chi connectivity index (χ0v) is 15.5. The normalized spacial score (nSPS) is 10.9. The fourth-order valence-electron chi connectivity index (χ4n) is 2.28. The lowest BCUT2D eigenvalue weighted by molar-refractivity contribution is 0.674. The van der Waals surface area contributed by atoms with Crippen molar-refractivity contribution >= 4 is 44.6 Å². The summed E-state index contributed by atoms with van der Waals surface area (Å²) in [7, 11) is 2.10. The minimum absolute atomic E-state index is 0.809. The molecule has 1 aromatic carbocycles. The van der Waals surface area contributed by atoms with Gasteiger partial charge in [0.25, 0.3) is 0 Å². The molecule has 0 aliphatic heterocycles. The molecule has 0 radical (unpaired) electrons. The van der Waals surface area contributed by atoms with Gasteiger partial charge in [0, 0.05) is 28.3 Å². The predicted octanol–water partition coefficient (Wildman–Crippen LogP) is 5.30. The van der Waals surface area contributed by atoms with E-state index < -0.39 is 0 Å². The summed E-state index contributed by atoms with van der Waals surface area (Å²) in [4.78, 5) is 3.54. The molecule has 1 N–H and O–H groups in total. The van der Waals surface area contributed by atoms with Crippen molar-refractivity contribution < 1.29 is 0 Å². The van der Waals surface area contributed by atoms with E-state index in [-0.39, 0.29) is 0 Å². The third-order valence-corrected chi connectivity index (χ3v) is 5.20. The van der Waals surface area contributed by atoms with Crippen LogP contribution in [0.4, 0.5) is 5.69 Å². The highest BCUT2D eigenvalue weighted by molar-refractivity contribution is 9.10. The van der Waals surface area contributed by atoms with Crippen LogP contribution in [0.1, 0.15) is 23.8 Å². The van der Waals surface area contributed by atoms with E-state index in [4.69, 9.17) is 11.6 Å². The van der Waals surface area contributed by atoms with Crippen LogP contribution in [-0.4, -0.2) is 13.6 Å². The number of nitrogens with one attached hydrogen (secondary N) is 1. The molecule has 0 aliphatic rings. The number of halogens is 2. The van der Waals surface area contributed by atoms with Gasteiger partial charge in [0.1, 0.15) is 0 Å². The maximum atomic E-state index is 6.43. The van der Waals surface area contributed by atoms with Crippen molar-refractivity contribution in [3.05, 3.63) is 49.6 Å². The Kier molecular flexibility index (Phi) is 6.55. The molecule has 0 spiro atoms. The molecular weight excluding hydrogens is 368 g/mol. The standard InChI is InChI=1S/C16H20BrClN2S/c1-3-7-19-9-12-5-4-6-15(18)16(12)20(2)10-14-8-13(17)11-21-14/h4-6,8,11,19H,3,7,9-10H2,1-2H3. The number of anilines is 1. The van der Waals surface area contributed by atoms with Crippen LogP contribution in [-0.2, 0) is 13.1 Å². The molecular formula is C16H20BrClN2S. The number of nitrogens with zero attached hydrogens (tertiary/aromatic N) is 1. The minimum Gasteiger partial charge on any atom is -0.368 e. The molecule has 114 valence electrons. The van der Waals surface area contributed by atoms with Gasteiger partial charge in [-0.15, -0.1) is 11.3 Å². The van der Waals surface area contributed by atoms with Crippen LogP contribution < -0.4 is 10.2 Å². The molecule has 0 amide bonds. The molecule has 21 heavy (non-hydrogen) atoms. The first-order chi connectivity index (χ1) is 10.1. The van der Waals surface area contributed by atoms with Crippen LogP contribution in [0, 0.1) is 0 Å². The SMILES string of the molecule is CCCNCc1cccc(Cl)c1N(C)Cc1cc(Br)cs1. The van der Waals surface area contributed by atoms with Crippen LogP contribution >= 0.6 is 38.9 Å². The average Bonchev–Trinajstić information content (AvgIpc) is 2.84. The highest BCUT2D eigenvalue weighted by Crippen LogP contribution is 2.31. The summed E-state index contributed by atoms with van der Waals surface area (Å²) in [6.07, 6.45) is 1.13. The Morgan fingerprint density at radius 2 is 2.19 bits per heavy atom. The van der Waals surface area contributed by atoms with Crippen molar-refractivity contribution in [1.82, 2.24) is 5.32 Å². The van der Waals surface area contributed by atoms with E-state index >= 15 is 0 Å². The molecule has 0 saturated carbocycles. The van der Waals surface area contributed by atoms with Crippen molar-refractivity contribution in [1.29, 1.82) is 0 Å². The van der Waals surface area contributed by atoms with Crippen LogP contribution in [0.2, 0.25) is 5.02 Å². The quantitative estimate of drug-likeness (QED) is 0.648. The fourth-order valence-corrected chi connectivity index (χ4v) is 4.12. The van der Waals surface area contributed by atoms with Gasteiger partial charge < -0.3 is 10.2 Å². The van der Waals surface area contributed by atoms with Gasteiger partial charge in [-0.1, -0.05) is 30.7 Å². The van der Waals surface area contributed by atoms with Gasteiger partial charge in [-0.05, 0) is 46.6 Å². The Morgan fingerprint density at radius 1 is 1.38 bits per heavy atom. The van der Waals surface area contributed by atoms with Gasteiger partial charge in [0.15, 0.2) is 0 Å². The molecule has 0 saturated heterocycles. The van der Waals surface area contributed by atoms with E-state index in [1.165, 1.54) is 10.4 Å². The van der Waals surface area contributed by atoms with Crippen LogP contribution in [0.3, 0.4) is 0 Å². The number of para-hydroxylation sites is 1. The second kappa shape index (κ2) is 8.18. The van der Waals surface area contributed by atoms with E-state index in [1.54, 1.807) is 11.3 Å². The summed E-state index contributed by atoms with van der Waals surface area (Å²) in [5.74, 6) is 0. The van der Waals surface area contributed by atoms with E-state index in [2.05, 4.69) is 57.6 Å². The van der Waals surface area contributed by atoms with E-state index in [9.17, 15) is 0 Å². The average molecular weight is 388 g/mol. The summed E-state index contributed by atoms with van der Waals surface area (Å²) in [6.45, 7) is 4.91. The first-order valence-corrected chi connectivity index (χ1v) is 9.09. The fraction of sp³-hybridized carbons (Fsp3) is 0.375. The van der Waals surface area contributed by atoms with E-state index in [0.717, 1.165) is 41.2 Å². The number of hydrogen-bond acceptors (Lipinski definition) is 3. The van der Waals surface area contributed by atoms with Crippen molar-refractivity contribution in [2.75, 3.05) is 18.5 Å². The molecule has 1 heterocycles. The van der Waals surface area contributed by atoms with Crippen LogP contribution in [0.25, 0.3) is 0 Å². The Balaban J connectivity index is 2.16. The number of benzene rings is 1. The number of hydrogen-bond donors (Lipinski definition) is 1. The van der Waals surface area contributed by atoms with Gasteiger partial charge in [0.2, 0.25) is 0 Å². The maximum Gasteiger partial charge on any atom is 0.0642 e. The van der Waals surface area contributed by atoms with Gasteiger partial charge in [-0.25, -0.2) is 0 Å². The van der Waals surface area contributed by atoms with Crippen molar-refractivity contribution in [3.63, 3.8) is 0 Å². The minimum atomic E-state index is 0.809. The van der Waals surface area contributed by atoms with Crippen molar-refractivity contribution in [2.45, 2.75) is 26.4 Å². The Hall–Kier alpha value is -0.550. The topological polar surface area (TPSA) is 15.3 Å². The zero-order chi connectivity index (χ0) is 15.2. The molecule has 2 aromatic rings. The molecule has 2 rings (SSSR count). The predicted molar refractivity (Wildman–Crippen MR) is 97.6 cm³/mol. The van der Waals surface area contributed by atoms with E-state index in [1.807, 2.05) is 12.1 Å². The third kappa shape index (κ3) is 4.71. The zero-order valence-electron chi connectivity index (χ0n) is 12.3. The number of rotatable bonds is 7. The molecule has 0 aliphatic carbocycles. The smallest absolute Gasteiger partial charge is 0.0642 e. The second-order valence-electron chi connectivity index (χ2n) is 5.01. The summed E-state index contributed by atoms with van der Waals surface area (Å²) >= 11 is 11.7. The lowest BCUT2D eigenvalue weighted by Crippen LogP contribution is -2.21. The molecule has 0 unspecified atom stereocenters. The Morgan fingerprint density at radius 3 is 2.86 bits per heavy atom. The monoisotopic (exact) mass is 386 g/mol. The third-order valence-electron chi connectivity index (χ3n) is 3.21. The molecule has 0 bridgehead atoms. The van der Waals surface area contributed by atoms with Gasteiger partial charge >= 0.3 is 0 Å². The summed E-state index contributed by atoms with van der Waals surface area (Å²) in [5, 5.41) is 6.37. The summed E-state index contributed by atoms with van der Waals surface area (Å²) < 4.78 is 1.14. The highest BCUT2D eigenvalue weighted by atomic mass is 79.9. The first-order valence-electron chi connectivity index (χ1n) is 7.04. The lowest BCUT2D eigenvalue weighted by atomic mass is 10.1. The molecule has 2 nitrogen and oxygen atoms in total. The van der Waals surface area contributed by atoms with Gasteiger partial charge in [-0.2, -0.15) is 0 Å². The first kappa shape index (κ1) is 16.8. The van der Waals surface area contributed by atoms with Crippen LogP contribution in [0.15, 0.2) is 34.1 Å². The summed E-state index contributed by atoms with van der Waals surface area (Å²) in [5.41, 5.74) is 2.36. The van der Waals surface area contributed by atoms with Gasteiger partial charge in [0.05, 0.1) is 17.3 Å². The highest BCUT2D eigenvalue weighted by Gasteiger charge is 2.12. The summed E-state index contributed by atoms with van der Waals surface area (Å²) in [6, 6.07) is 8.28. The largest absolute Gasteiger partial charge is 0.368 e. The Labute approximate surface area is 144 Å². The second-order valence-corrected chi connectivity index (χ2v) is 7.33. The maximum absolute atomic E-state index is 6.43. The molecule has 0 atom stereocenters. The molecule has 1 aromatic heterocycles. The number of thiophene rings is 1. The van der Waals surface area contributed by atoms with Crippen LogP contribution in [0.5, 0.6) is 0 Å². The molecule has 0 fully saturated rings. The Bertz CT molecular complexity index is 585. The lowest BCUT2D eigenvalue weighted by Gasteiger charge is -2.23. The van der Waals surface area contributed by atoms with Crippen molar-refractivity contribution in [2.24, 2.45) is 0 Å². The molecule has 5 heteroatoms. The van der Waals surface area contributed by atoms with E-state index in [0.29, 0.717) is 0 Å².